The topological polar surface area (TPSA) is 67.4 Å². The summed E-state index contributed by atoms with van der Waals surface area (Å²) in [5.41, 5.74) is 1.56. The number of anilines is 1. The molecule has 1 aliphatic rings. The molecule has 1 heterocycles. The molecule has 1 aromatic carbocycles. The van der Waals surface area contributed by atoms with Crippen LogP contribution in [0.2, 0.25) is 5.02 Å². The lowest BCUT2D eigenvalue weighted by Gasteiger charge is -2.16. The van der Waals surface area contributed by atoms with Crippen LogP contribution < -0.4 is 8.85 Å². The molecule has 0 aliphatic carbocycles. The van der Waals surface area contributed by atoms with Gasteiger partial charge in [-0.05, 0) is 30.2 Å². The molecule has 102 valence electrons. The van der Waals surface area contributed by atoms with Crippen molar-refractivity contribution in [2.24, 2.45) is 0 Å². The van der Waals surface area contributed by atoms with Crippen molar-refractivity contribution in [2.45, 2.75) is 18.4 Å². The summed E-state index contributed by atoms with van der Waals surface area (Å²) < 4.78 is 7.52. The zero-order valence-corrected chi connectivity index (χ0v) is 13.0. The van der Waals surface area contributed by atoms with Crippen LogP contribution in [0.3, 0.4) is 0 Å². The highest BCUT2D eigenvalue weighted by molar-refractivity contribution is 14.1. The van der Waals surface area contributed by atoms with Gasteiger partial charge < -0.3 is 10.1 Å². The average Bonchev–Trinajstić information content (AvgIpc) is 2.70. The molecule has 0 saturated carbocycles. The Hall–Kier alpha value is -0.860. The Bertz CT molecular complexity index is 524. The fourth-order valence-electron chi connectivity index (χ4n) is 2.09. The van der Waals surface area contributed by atoms with Crippen LogP contribution in [0, 0.1) is 0 Å². The Labute approximate surface area is 129 Å². The van der Waals surface area contributed by atoms with E-state index in [0.29, 0.717) is 11.4 Å². The molecule has 1 amide bonds. The van der Waals surface area contributed by atoms with E-state index in [9.17, 15) is 9.59 Å². The van der Waals surface area contributed by atoms with Gasteiger partial charge in [0.2, 0.25) is 5.91 Å². The van der Waals surface area contributed by atoms with Gasteiger partial charge in [0, 0.05) is 33.6 Å². The molecule has 1 aliphatic heterocycles. The van der Waals surface area contributed by atoms with E-state index < -0.39 is 17.9 Å². The number of hydrogen-bond donors (Lipinski definition) is 2. The lowest BCUT2D eigenvalue weighted by atomic mass is 9.93. The summed E-state index contributed by atoms with van der Waals surface area (Å²) in [6.45, 7) is 0. The van der Waals surface area contributed by atoms with Crippen LogP contribution in [-0.2, 0) is 14.3 Å². The minimum atomic E-state index is -0.536. The van der Waals surface area contributed by atoms with Gasteiger partial charge in [-0.25, -0.2) is 3.53 Å². The van der Waals surface area contributed by atoms with Crippen molar-refractivity contribution in [3.63, 3.8) is 0 Å². The van der Waals surface area contributed by atoms with Gasteiger partial charge in [0.15, 0.2) is 0 Å². The van der Waals surface area contributed by atoms with Crippen molar-refractivity contribution in [3.05, 3.63) is 28.8 Å². The highest BCUT2D eigenvalue weighted by Gasteiger charge is 2.34. The predicted molar refractivity (Wildman–Crippen MR) is 80.4 cm³/mol. The standard InChI is InChI=1S/C12H12ClIN2O3/c1-19-12(18)10(16-14)5-8-7-4-6(13)2-3-9(7)15-11(8)17/h2-4,8,10,16H,5H2,1H3,(H,15,17). The van der Waals surface area contributed by atoms with E-state index in [0.717, 1.165) is 11.3 Å². The lowest BCUT2D eigenvalue weighted by molar-refractivity contribution is -0.142. The maximum atomic E-state index is 12.0. The van der Waals surface area contributed by atoms with E-state index in [1.54, 1.807) is 18.2 Å². The number of rotatable bonds is 4. The second kappa shape index (κ2) is 6.06. The van der Waals surface area contributed by atoms with E-state index in [2.05, 4.69) is 8.85 Å². The van der Waals surface area contributed by atoms with Crippen LogP contribution in [0.15, 0.2) is 18.2 Å². The minimum Gasteiger partial charge on any atom is -0.468 e. The summed E-state index contributed by atoms with van der Waals surface area (Å²) >= 11 is 7.83. The van der Waals surface area contributed by atoms with Gasteiger partial charge >= 0.3 is 5.97 Å². The third-order valence-corrected chi connectivity index (χ3v) is 4.04. The molecule has 0 saturated heterocycles. The fourth-order valence-corrected chi connectivity index (χ4v) is 2.78. The monoisotopic (exact) mass is 394 g/mol. The number of amides is 1. The molecule has 1 aromatic rings. The van der Waals surface area contributed by atoms with Gasteiger partial charge in [0.05, 0.1) is 13.0 Å². The Morgan fingerprint density at radius 3 is 3.00 bits per heavy atom. The van der Waals surface area contributed by atoms with Gasteiger partial charge in [-0.3, -0.25) is 9.59 Å². The molecule has 0 bridgehead atoms. The van der Waals surface area contributed by atoms with E-state index >= 15 is 0 Å². The Balaban J connectivity index is 2.24. The second-order valence-electron chi connectivity index (χ2n) is 4.19. The molecule has 0 radical (unpaired) electrons. The quantitative estimate of drug-likeness (QED) is 0.467. The minimum absolute atomic E-state index is 0.127. The number of ether oxygens (including phenoxy) is 1. The smallest absolute Gasteiger partial charge is 0.323 e. The molecule has 2 N–H and O–H groups in total. The molecule has 0 spiro atoms. The maximum absolute atomic E-state index is 12.0. The third-order valence-electron chi connectivity index (χ3n) is 3.05. The number of fused-ring (bicyclic) bond motifs is 1. The van der Waals surface area contributed by atoms with Crippen LogP contribution >= 0.6 is 34.5 Å². The number of methoxy groups -OCH3 is 1. The van der Waals surface area contributed by atoms with Crippen molar-refractivity contribution in [2.75, 3.05) is 12.4 Å². The molecule has 0 fully saturated rings. The van der Waals surface area contributed by atoms with Crippen molar-refractivity contribution < 1.29 is 14.3 Å². The number of nitrogens with one attached hydrogen (secondary N) is 2. The normalized spacial score (nSPS) is 18.7. The first-order valence-corrected chi connectivity index (χ1v) is 7.06. The third kappa shape index (κ3) is 3.01. The molecular weight excluding hydrogens is 382 g/mol. The molecule has 2 rings (SSSR count). The SMILES string of the molecule is COC(=O)C(CC1C(=O)Nc2ccc(Cl)cc21)NI. The summed E-state index contributed by atoms with van der Waals surface area (Å²) in [7, 11) is 1.32. The molecule has 7 heteroatoms. The highest BCUT2D eigenvalue weighted by atomic mass is 127. The van der Waals surface area contributed by atoms with Crippen molar-refractivity contribution >= 4 is 52.0 Å². The van der Waals surface area contributed by atoms with E-state index in [1.807, 2.05) is 22.9 Å². The zero-order valence-electron chi connectivity index (χ0n) is 10.1. The summed E-state index contributed by atoms with van der Waals surface area (Å²) in [6.07, 6.45) is 0.328. The first-order valence-electron chi connectivity index (χ1n) is 5.61. The lowest BCUT2D eigenvalue weighted by Crippen LogP contribution is -2.34. The fraction of sp³-hybridized carbons (Fsp3) is 0.333. The van der Waals surface area contributed by atoms with E-state index in [1.165, 1.54) is 7.11 Å². The van der Waals surface area contributed by atoms with Crippen LogP contribution in [0.25, 0.3) is 0 Å². The number of carbonyl (C=O) groups is 2. The molecule has 5 nitrogen and oxygen atoms in total. The largest absolute Gasteiger partial charge is 0.468 e. The number of benzene rings is 1. The second-order valence-corrected chi connectivity index (χ2v) is 5.25. The first kappa shape index (κ1) is 14.5. The Morgan fingerprint density at radius 1 is 1.63 bits per heavy atom. The predicted octanol–water partition coefficient (Wildman–Crippen LogP) is 2.25. The van der Waals surface area contributed by atoms with Gasteiger partial charge in [0.25, 0.3) is 0 Å². The first-order chi connectivity index (χ1) is 9.06. The number of carbonyl (C=O) groups excluding carboxylic acids is 2. The van der Waals surface area contributed by atoms with Gasteiger partial charge in [-0.2, -0.15) is 0 Å². The summed E-state index contributed by atoms with van der Waals surface area (Å²) in [6, 6.07) is 4.70. The van der Waals surface area contributed by atoms with Gasteiger partial charge in [-0.15, -0.1) is 0 Å². The average molecular weight is 395 g/mol. The molecule has 2 atom stereocenters. The summed E-state index contributed by atoms with van der Waals surface area (Å²) in [5, 5.41) is 3.35. The maximum Gasteiger partial charge on any atom is 0.323 e. The van der Waals surface area contributed by atoms with Crippen molar-refractivity contribution in [1.82, 2.24) is 3.53 Å². The number of hydrogen-bond acceptors (Lipinski definition) is 4. The molecular formula is C12H12ClIN2O3. The van der Waals surface area contributed by atoms with Crippen LogP contribution in [0.4, 0.5) is 5.69 Å². The molecule has 2 unspecified atom stereocenters. The van der Waals surface area contributed by atoms with Gasteiger partial charge in [-0.1, -0.05) is 11.6 Å². The van der Waals surface area contributed by atoms with Crippen LogP contribution in [-0.4, -0.2) is 25.0 Å². The van der Waals surface area contributed by atoms with Crippen LogP contribution in [0.1, 0.15) is 17.9 Å². The number of halogens is 2. The summed E-state index contributed by atoms with van der Waals surface area (Å²) in [4.78, 5) is 23.5. The summed E-state index contributed by atoms with van der Waals surface area (Å²) in [5.74, 6) is -0.921. The van der Waals surface area contributed by atoms with Crippen molar-refractivity contribution in [3.8, 4) is 0 Å². The van der Waals surface area contributed by atoms with Gasteiger partial charge in [0.1, 0.15) is 6.04 Å². The van der Waals surface area contributed by atoms with E-state index in [-0.39, 0.29) is 5.91 Å². The number of esters is 1. The molecule has 0 aromatic heterocycles. The Kier molecular flexibility index (Phi) is 4.64. The van der Waals surface area contributed by atoms with E-state index in [4.69, 9.17) is 16.3 Å². The zero-order chi connectivity index (χ0) is 14.0. The van der Waals surface area contributed by atoms with Crippen molar-refractivity contribution in [1.29, 1.82) is 0 Å². The molecule has 19 heavy (non-hydrogen) atoms. The highest BCUT2D eigenvalue weighted by Crippen LogP contribution is 2.37. The Morgan fingerprint density at radius 2 is 2.37 bits per heavy atom. The van der Waals surface area contributed by atoms with Crippen LogP contribution in [0.5, 0.6) is 0 Å².